The molecule has 0 saturated heterocycles. The van der Waals surface area contributed by atoms with Crippen molar-refractivity contribution in [2.75, 3.05) is 24.6 Å². The van der Waals surface area contributed by atoms with Crippen molar-refractivity contribution in [2.45, 2.75) is 33.7 Å². The molecule has 1 aromatic carbocycles. The molecule has 3 rings (SSSR count). The van der Waals surface area contributed by atoms with Crippen LogP contribution in [0.5, 0.6) is 0 Å². The molecule has 8 nitrogen and oxygen atoms in total. The van der Waals surface area contributed by atoms with Gasteiger partial charge >= 0.3 is 11.7 Å². The summed E-state index contributed by atoms with van der Waals surface area (Å²) in [5.41, 5.74) is 3.00. The fraction of sp³-hybridized carbons (Fsp3) is 0.348. The van der Waals surface area contributed by atoms with E-state index < -0.39 is 11.7 Å². The first-order valence-electron chi connectivity index (χ1n) is 10.3. The van der Waals surface area contributed by atoms with Crippen molar-refractivity contribution in [3.63, 3.8) is 0 Å². The SMILES string of the molecule is CCN(CC)c1ccc2c(C)c(CCOC(=O)NCc3ccc(=O)[nH]c3)c(=O)oc2c1. The normalized spacial score (nSPS) is 10.8. The summed E-state index contributed by atoms with van der Waals surface area (Å²) in [6.45, 7) is 8.04. The number of carbonyl (C=O) groups is 1. The van der Waals surface area contributed by atoms with Gasteiger partial charge in [0, 0.05) is 61.0 Å². The first-order valence-corrected chi connectivity index (χ1v) is 10.3. The number of H-pyrrole nitrogens is 1. The molecular formula is C23H27N3O5. The molecule has 0 radical (unpaired) electrons. The summed E-state index contributed by atoms with van der Waals surface area (Å²) in [5, 5.41) is 3.47. The minimum atomic E-state index is -0.599. The molecule has 0 bridgehead atoms. The van der Waals surface area contributed by atoms with E-state index in [-0.39, 0.29) is 25.1 Å². The summed E-state index contributed by atoms with van der Waals surface area (Å²) in [4.78, 5) is 40.2. The summed E-state index contributed by atoms with van der Waals surface area (Å²) in [7, 11) is 0. The van der Waals surface area contributed by atoms with Crippen LogP contribution in [0.1, 0.15) is 30.5 Å². The van der Waals surface area contributed by atoms with Crippen LogP contribution in [-0.4, -0.2) is 30.8 Å². The second-order valence-electron chi connectivity index (χ2n) is 7.15. The average Bonchev–Trinajstić information content (AvgIpc) is 2.76. The zero-order valence-corrected chi connectivity index (χ0v) is 18.0. The van der Waals surface area contributed by atoms with Crippen molar-refractivity contribution in [3.05, 3.63) is 74.0 Å². The second-order valence-corrected chi connectivity index (χ2v) is 7.15. The summed E-state index contributed by atoms with van der Waals surface area (Å²) in [5.74, 6) is 0. The zero-order valence-electron chi connectivity index (χ0n) is 18.0. The topological polar surface area (TPSA) is 105 Å². The molecule has 0 atom stereocenters. The molecule has 0 aliphatic carbocycles. The van der Waals surface area contributed by atoms with Gasteiger partial charge in [0.1, 0.15) is 5.58 Å². The van der Waals surface area contributed by atoms with Crippen LogP contribution >= 0.6 is 0 Å². The number of hydrogen-bond acceptors (Lipinski definition) is 6. The van der Waals surface area contributed by atoms with Crippen molar-refractivity contribution in [2.24, 2.45) is 0 Å². The number of alkyl carbamates (subject to hydrolysis) is 1. The minimum absolute atomic E-state index is 0.0477. The van der Waals surface area contributed by atoms with E-state index in [0.29, 0.717) is 11.1 Å². The number of nitrogens with zero attached hydrogens (tertiary/aromatic N) is 1. The van der Waals surface area contributed by atoms with Gasteiger partial charge in [-0.05, 0) is 44.0 Å². The van der Waals surface area contributed by atoms with Gasteiger partial charge < -0.3 is 24.4 Å². The fourth-order valence-electron chi connectivity index (χ4n) is 3.48. The van der Waals surface area contributed by atoms with E-state index in [1.54, 1.807) is 6.07 Å². The first-order chi connectivity index (χ1) is 14.9. The molecule has 2 aromatic heterocycles. The summed E-state index contributed by atoms with van der Waals surface area (Å²) in [6.07, 6.45) is 1.18. The maximum absolute atomic E-state index is 12.5. The Labute approximate surface area is 179 Å². The van der Waals surface area contributed by atoms with Crippen molar-refractivity contribution in [1.82, 2.24) is 10.3 Å². The Morgan fingerprint density at radius 2 is 1.94 bits per heavy atom. The molecule has 164 valence electrons. The molecule has 0 saturated carbocycles. The summed E-state index contributed by atoms with van der Waals surface area (Å²) < 4.78 is 10.7. The molecule has 0 aliphatic heterocycles. The predicted octanol–water partition coefficient (Wildman–Crippen LogP) is 3.10. The maximum Gasteiger partial charge on any atom is 0.407 e. The molecule has 0 spiro atoms. The highest BCUT2D eigenvalue weighted by molar-refractivity contribution is 5.84. The number of pyridine rings is 1. The Bertz CT molecular complexity index is 1160. The number of rotatable bonds is 8. The Morgan fingerprint density at radius 3 is 2.61 bits per heavy atom. The molecule has 3 aromatic rings. The lowest BCUT2D eigenvalue weighted by Gasteiger charge is -2.21. The van der Waals surface area contributed by atoms with E-state index >= 15 is 0 Å². The van der Waals surface area contributed by atoms with Crippen molar-refractivity contribution in [1.29, 1.82) is 0 Å². The average molecular weight is 425 g/mol. The fourth-order valence-corrected chi connectivity index (χ4v) is 3.48. The number of aromatic amines is 1. The highest BCUT2D eigenvalue weighted by Gasteiger charge is 2.14. The van der Waals surface area contributed by atoms with Gasteiger partial charge in [-0.2, -0.15) is 0 Å². The molecule has 0 unspecified atom stereocenters. The van der Waals surface area contributed by atoms with Gasteiger partial charge in [0.05, 0.1) is 6.61 Å². The molecular weight excluding hydrogens is 398 g/mol. The second kappa shape index (κ2) is 9.97. The van der Waals surface area contributed by atoms with E-state index in [1.165, 1.54) is 12.3 Å². The number of nitrogens with one attached hydrogen (secondary N) is 2. The van der Waals surface area contributed by atoms with Crippen LogP contribution in [0, 0.1) is 6.92 Å². The third kappa shape index (κ3) is 5.33. The van der Waals surface area contributed by atoms with E-state index in [2.05, 4.69) is 29.0 Å². The molecule has 2 N–H and O–H groups in total. The largest absolute Gasteiger partial charge is 0.449 e. The molecule has 1 amide bonds. The number of aromatic nitrogens is 1. The third-order valence-corrected chi connectivity index (χ3v) is 5.27. The van der Waals surface area contributed by atoms with E-state index in [9.17, 15) is 14.4 Å². The summed E-state index contributed by atoms with van der Waals surface area (Å²) >= 11 is 0. The van der Waals surface area contributed by atoms with Gasteiger partial charge in [0.2, 0.25) is 5.56 Å². The number of fused-ring (bicyclic) bond motifs is 1. The van der Waals surface area contributed by atoms with Crippen molar-refractivity contribution < 1.29 is 13.9 Å². The van der Waals surface area contributed by atoms with Crippen LogP contribution in [0.4, 0.5) is 10.5 Å². The maximum atomic E-state index is 12.5. The lowest BCUT2D eigenvalue weighted by atomic mass is 10.0. The molecule has 31 heavy (non-hydrogen) atoms. The van der Waals surface area contributed by atoms with Gasteiger partial charge in [-0.3, -0.25) is 4.79 Å². The number of ether oxygens (including phenoxy) is 1. The number of aryl methyl sites for hydroxylation is 1. The lowest BCUT2D eigenvalue weighted by molar-refractivity contribution is 0.146. The van der Waals surface area contributed by atoms with Gasteiger partial charge in [0.15, 0.2) is 0 Å². The molecule has 0 fully saturated rings. The number of amides is 1. The van der Waals surface area contributed by atoms with E-state index in [1.807, 2.05) is 25.1 Å². The smallest absolute Gasteiger partial charge is 0.407 e. The number of anilines is 1. The minimum Gasteiger partial charge on any atom is -0.449 e. The predicted molar refractivity (Wildman–Crippen MR) is 120 cm³/mol. The summed E-state index contributed by atoms with van der Waals surface area (Å²) in [6, 6.07) is 8.88. The molecule has 2 heterocycles. The molecule has 8 heteroatoms. The van der Waals surface area contributed by atoms with Crippen LogP contribution in [0.3, 0.4) is 0 Å². The Morgan fingerprint density at radius 1 is 1.16 bits per heavy atom. The van der Waals surface area contributed by atoms with Crippen LogP contribution in [0.15, 0.2) is 50.5 Å². The first kappa shape index (κ1) is 22.1. The standard InChI is InChI=1S/C23H27N3O5/c1-4-26(5-2)17-7-8-18-15(3)19(22(28)31-20(18)12-17)10-11-30-23(29)25-14-16-6-9-21(27)24-13-16/h6-9,12-13H,4-5,10-11,14H2,1-3H3,(H,24,27)(H,25,29). The number of hydrogen-bond donors (Lipinski definition) is 2. The van der Waals surface area contributed by atoms with Crippen LogP contribution < -0.4 is 21.4 Å². The van der Waals surface area contributed by atoms with Gasteiger partial charge in [-0.25, -0.2) is 9.59 Å². The van der Waals surface area contributed by atoms with Crippen LogP contribution in [0.2, 0.25) is 0 Å². The monoisotopic (exact) mass is 425 g/mol. The Kier molecular flexibility index (Phi) is 7.12. The van der Waals surface area contributed by atoms with Gasteiger partial charge in [0.25, 0.3) is 0 Å². The highest BCUT2D eigenvalue weighted by atomic mass is 16.5. The van der Waals surface area contributed by atoms with Gasteiger partial charge in [-0.15, -0.1) is 0 Å². The quantitative estimate of drug-likeness (QED) is 0.538. The van der Waals surface area contributed by atoms with Gasteiger partial charge in [-0.1, -0.05) is 6.07 Å². The number of benzene rings is 1. The van der Waals surface area contributed by atoms with Crippen LogP contribution in [-0.2, 0) is 17.7 Å². The van der Waals surface area contributed by atoms with Crippen molar-refractivity contribution >= 4 is 22.7 Å². The van der Waals surface area contributed by atoms with Crippen molar-refractivity contribution in [3.8, 4) is 0 Å². The third-order valence-electron chi connectivity index (χ3n) is 5.27. The highest BCUT2D eigenvalue weighted by Crippen LogP contribution is 2.25. The zero-order chi connectivity index (χ0) is 22.4. The van der Waals surface area contributed by atoms with E-state index in [4.69, 9.17) is 9.15 Å². The Hall–Kier alpha value is -3.55. The van der Waals surface area contributed by atoms with Crippen LogP contribution in [0.25, 0.3) is 11.0 Å². The lowest BCUT2D eigenvalue weighted by Crippen LogP contribution is -2.25. The Balaban J connectivity index is 1.63. The molecule has 0 aliphatic rings. The van der Waals surface area contributed by atoms with E-state index in [0.717, 1.165) is 35.3 Å². The number of carbonyl (C=O) groups excluding carboxylic acids is 1.